The van der Waals surface area contributed by atoms with Crippen molar-refractivity contribution >= 4 is 33.2 Å². The predicted molar refractivity (Wildman–Crippen MR) is 85.6 cm³/mol. The number of nitrogens with one attached hydrogen (secondary N) is 1. The van der Waals surface area contributed by atoms with E-state index in [-0.39, 0.29) is 5.91 Å². The lowest BCUT2D eigenvalue weighted by atomic mass is 10.0. The molecule has 21 heavy (non-hydrogen) atoms. The molecule has 1 aliphatic rings. The topological polar surface area (TPSA) is 50.7 Å². The van der Waals surface area contributed by atoms with Crippen molar-refractivity contribution in [1.82, 2.24) is 0 Å². The first-order chi connectivity index (χ1) is 10.2. The zero-order chi connectivity index (χ0) is 14.8. The lowest BCUT2D eigenvalue weighted by Crippen LogP contribution is -2.26. The number of anilines is 1. The first-order valence-electron chi connectivity index (χ1n) is 6.46. The maximum atomic E-state index is 12.1. The predicted octanol–water partition coefficient (Wildman–Crippen LogP) is 3.21. The Morgan fingerprint density at radius 1 is 1.19 bits per heavy atom. The van der Waals surface area contributed by atoms with Gasteiger partial charge in [0.05, 0.1) is 11.4 Å². The van der Waals surface area contributed by atoms with Crippen LogP contribution in [-0.4, -0.2) is 25.0 Å². The van der Waals surface area contributed by atoms with Crippen molar-refractivity contribution in [1.29, 1.82) is 0 Å². The van der Waals surface area contributed by atoms with Crippen LogP contribution in [0.5, 0.6) is 0 Å². The number of ether oxygens (including phenoxy) is 1. The van der Waals surface area contributed by atoms with Crippen molar-refractivity contribution in [3.8, 4) is 0 Å². The molecule has 0 radical (unpaired) electrons. The number of hydrogen-bond acceptors (Lipinski definition) is 3. The highest BCUT2D eigenvalue weighted by molar-refractivity contribution is 9.10. The Labute approximate surface area is 131 Å². The fourth-order valence-corrected chi connectivity index (χ4v) is 2.61. The van der Waals surface area contributed by atoms with Gasteiger partial charge in [0.1, 0.15) is 0 Å². The number of halogens is 1. The minimum Gasteiger partial charge on any atom is -0.352 e. The summed E-state index contributed by atoms with van der Waals surface area (Å²) in [5.41, 5.74) is 3.27. The van der Waals surface area contributed by atoms with E-state index in [1.54, 1.807) is 0 Å². The van der Waals surface area contributed by atoms with Crippen LogP contribution in [0.25, 0.3) is 0 Å². The van der Waals surface area contributed by atoms with Crippen molar-refractivity contribution < 1.29 is 9.53 Å². The highest BCUT2D eigenvalue weighted by Gasteiger charge is 2.25. The van der Waals surface area contributed by atoms with E-state index in [4.69, 9.17) is 4.74 Å². The first kappa shape index (κ1) is 14.0. The molecule has 0 bridgehead atoms. The van der Waals surface area contributed by atoms with Gasteiger partial charge in [-0.15, -0.1) is 0 Å². The van der Waals surface area contributed by atoms with Crippen molar-refractivity contribution in [3.63, 3.8) is 0 Å². The molecule has 1 atom stereocenters. The highest BCUT2D eigenvalue weighted by atomic mass is 79.9. The number of aliphatic imine (C=N–C) groups is 1. The summed E-state index contributed by atoms with van der Waals surface area (Å²) >= 11 is 3.46. The Morgan fingerprint density at radius 3 is 2.67 bits per heavy atom. The number of fused-ring (bicyclic) bond motifs is 1. The lowest BCUT2D eigenvalue weighted by Gasteiger charge is -2.10. The van der Waals surface area contributed by atoms with E-state index in [1.165, 1.54) is 7.11 Å². The van der Waals surface area contributed by atoms with Gasteiger partial charge in [0, 0.05) is 22.7 Å². The quantitative estimate of drug-likeness (QED) is 0.909. The third-order valence-electron chi connectivity index (χ3n) is 3.24. The molecule has 1 heterocycles. The normalized spacial score (nSPS) is 17.5. The van der Waals surface area contributed by atoms with E-state index in [9.17, 15) is 4.79 Å². The number of methoxy groups -OCH3 is 1. The number of benzodiazepines with no additional fused rings is 1. The molecular formula is C16H13BrN2O2. The molecule has 0 aliphatic carbocycles. The summed E-state index contributed by atoms with van der Waals surface area (Å²) in [5, 5.41) is 2.85. The van der Waals surface area contributed by atoms with Crippen LogP contribution in [0, 0.1) is 0 Å². The van der Waals surface area contributed by atoms with Crippen molar-refractivity contribution in [2.75, 3.05) is 12.4 Å². The van der Waals surface area contributed by atoms with Crippen LogP contribution in [0.2, 0.25) is 0 Å². The van der Waals surface area contributed by atoms with Gasteiger partial charge >= 0.3 is 0 Å². The van der Waals surface area contributed by atoms with E-state index in [1.807, 2.05) is 48.5 Å². The van der Waals surface area contributed by atoms with Gasteiger partial charge in [-0.3, -0.25) is 4.79 Å². The van der Waals surface area contributed by atoms with Gasteiger partial charge in [-0.25, -0.2) is 4.99 Å². The van der Waals surface area contributed by atoms with Crippen LogP contribution < -0.4 is 5.32 Å². The van der Waals surface area contributed by atoms with Gasteiger partial charge in [-0.2, -0.15) is 0 Å². The van der Waals surface area contributed by atoms with Gasteiger partial charge in [-0.1, -0.05) is 46.3 Å². The van der Waals surface area contributed by atoms with Gasteiger partial charge in [0.15, 0.2) is 0 Å². The molecular weight excluding hydrogens is 332 g/mol. The SMILES string of the molecule is COC1N=C(c2ccccc2)c2cc(Br)ccc2NC1=O. The van der Waals surface area contributed by atoms with E-state index in [2.05, 4.69) is 26.2 Å². The second-order valence-electron chi connectivity index (χ2n) is 4.61. The number of nitrogens with zero attached hydrogens (tertiary/aromatic N) is 1. The molecule has 1 aliphatic heterocycles. The van der Waals surface area contributed by atoms with E-state index < -0.39 is 6.23 Å². The number of carbonyl (C=O) groups is 1. The number of rotatable bonds is 2. The molecule has 0 spiro atoms. The zero-order valence-corrected chi connectivity index (χ0v) is 12.9. The average Bonchev–Trinajstić information content (AvgIpc) is 2.64. The standard InChI is InChI=1S/C16H13BrN2O2/c1-21-16-15(20)18-13-8-7-11(17)9-12(13)14(19-16)10-5-3-2-4-6-10/h2-9,16H,1H3,(H,18,20). The molecule has 2 aromatic rings. The van der Waals surface area contributed by atoms with Crippen molar-refractivity contribution in [2.45, 2.75) is 6.23 Å². The lowest BCUT2D eigenvalue weighted by molar-refractivity contribution is -0.125. The molecule has 5 heteroatoms. The highest BCUT2D eigenvalue weighted by Crippen LogP contribution is 2.27. The van der Waals surface area contributed by atoms with Crippen LogP contribution in [0.4, 0.5) is 5.69 Å². The molecule has 3 rings (SSSR count). The van der Waals surface area contributed by atoms with E-state index in [0.29, 0.717) is 0 Å². The minimum atomic E-state index is -0.855. The largest absolute Gasteiger partial charge is 0.352 e. The van der Waals surface area contributed by atoms with Gasteiger partial charge in [-0.05, 0) is 18.2 Å². The molecule has 2 aromatic carbocycles. The summed E-state index contributed by atoms with van der Waals surface area (Å²) in [6, 6.07) is 15.4. The van der Waals surface area contributed by atoms with Crippen LogP contribution in [-0.2, 0) is 9.53 Å². The number of amides is 1. The summed E-state index contributed by atoms with van der Waals surface area (Å²) in [6.07, 6.45) is -0.855. The zero-order valence-electron chi connectivity index (χ0n) is 11.3. The smallest absolute Gasteiger partial charge is 0.276 e. The fraction of sp³-hybridized carbons (Fsp3) is 0.125. The van der Waals surface area contributed by atoms with Gasteiger partial charge in [0.25, 0.3) is 5.91 Å². The molecule has 0 saturated carbocycles. The van der Waals surface area contributed by atoms with Crippen LogP contribution in [0.1, 0.15) is 11.1 Å². The van der Waals surface area contributed by atoms with Crippen LogP contribution in [0.3, 0.4) is 0 Å². The van der Waals surface area contributed by atoms with Crippen molar-refractivity contribution in [2.24, 2.45) is 4.99 Å². The summed E-state index contributed by atoms with van der Waals surface area (Å²) < 4.78 is 6.11. The Balaban J connectivity index is 2.22. The molecule has 1 unspecified atom stereocenters. The molecule has 1 N–H and O–H groups in total. The molecule has 0 saturated heterocycles. The maximum Gasteiger partial charge on any atom is 0.276 e. The third-order valence-corrected chi connectivity index (χ3v) is 3.73. The second-order valence-corrected chi connectivity index (χ2v) is 5.53. The monoisotopic (exact) mass is 344 g/mol. The second kappa shape index (κ2) is 5.79. The Morgan fingerprint density at radius 2 is 1.95 bits per heavy atom. The third kappa shape index (κ3) is 2.75. The summed E-state index contributed by atoms with van der Waals surface area (Å²) in [5.74, 6) is -0.271. The van der Waals surface area contributed by atoms with Crippen LogP contribution in [0.15, 0.2) is 58.0 Å². The number of carbonyl (C=O) groups excluding carboxylic acids is 1. The van der Waals surface area contributed by atoms with Crippen LogP contribution >= 0.6 is 15.9 Å². The Hall–Kier alpha value is -1.98. The molecule has 4 nitrogen and oxygen atoms in total. The molecule has 0 fully saturated rings. The van der Waals surface area contributed by atoms with E-state index in [0.717, 1.165) is 27.0 Å². The molecule has 0 aromatic heterocycles. The first-order valence-corrected chi connectivity index (χ1v) is 7.25. The van der Waals surface area contributed by atoms with Crippen molar-refractivity contribution in [3.05, 3.63) is 64.1 Å². The fourth-order valence-electron chi connectivity index (χ4n) is 2.25. The Kier molecular flexibility index (Phi) is 3.86. The van der Waals surface area contributed by atoms with Gasteiger partial charge < -0.3 is 10.1 Å². The average molecular weight is 345 g/mol. The van der Waals surface area contributed by atoms with Gasteiger partial charge in [0.2, 0.25) is 6.23 Å². The summed E-state index contributed by atoms with van der Waals surface area (Å²) in [6.45, 7) is 0. The Bertz CT molecular complexity index is 713. The molecule has 1 amide bonds. The summed E-state index contributed by atoms with van der Waals surface area (Å²) in [4.78, 5) is 16.6. The minimum absolute atomic E-state index is 0.271. The van der Waals surface area contributed by atoms with E-state index >= 15 is 0 Å². The number of hydrogen-bond donors (Lipinski definition) is 1. The summed E-state index contributed by atoms with van der Waals surface area (Å²) in [7, 11) is 1.47. The maximum absolute atomic E-state index is 12.1. The molecule has 106 valence electrons. The number of benzene rings is 2.